The van der Waals surface area contributed by atoms with Crippen LogP contribution < -0.4 is 5.32 Å². The molecule has 0 saturated heterocycles. The molecule has 0 fully saturated rings. The van der Waals surface area contributed by atoms with E-state index in [4.69, 9.17) is 11.6 Å². The topological polar surface area (TPSA) is 81.5 Å². The highest BCUT2D eigenvalue weighted by Crippen LogP contribution is 2.28. The highest BCUT2D eigenvalue weighted by atomic mass is 35.5. The van der Waals surface area contributed by atoms with E-state index in [0.717, 1.165) is 0 Å². The second kappa shape index (κ2) is 5.88. The van der Waals surface area contributed by atoms with Gasteiger partial charge < -0.3 is 10.1 Å². The van der Waals surface area contributed by atoms with Crippen LogP contribution in [-0.2, 0) is 9.53 Å². The van der Waals surface area contributed by atoms with E-state index in [-0.39, 0.29) is 16.7 Å². The monoisotopic (exact) mass is 286 g/mol. The van der Waals surface area contributed by atoms with E-state index in [0.29, 0.717) is 12.2 Å². The summed E-state index contributed by atoms with van der Waals surface area (Å²) in [7, 11) is 1.32. The fraction of sp³-hybridized carbons (Fsp3) is 0.417. The molecular weight excluding hydrogens is 272 g/mol. The standard InChI is InChI=1S/C12H15ClN2O4/c1-12(2,11(16)19-3)7-14-10-5-4-8(15(17)18)6-9(10)13/h4-6,14H,7H2,1-3H3. The Kier molecular flexibility index (Phi) is 4.72. The lowest BCUT2D eigenvalue weighted by atomic mass is 9.93. The van der Waals surface area contributed by atoms with Crippen molar-refractivity contribution in [2.75, 3.05) is 19.0 Å². The molecule has 0 spiro atoms. The minimum absolute atomic E-state index is 0.0808. The highest BCUT2D eigenvalue weighted by Gasteiger charge is 2.28. The normalized spacial score (nSPS) is 10.9. The molecule has 19 heavy (non-hydrogen) atoms. The van der Waals surface area contributed by atoms with Crippen LogP contribution in [0.5, 0.6) is 0 Å². The molecule has 0 atom stereocenters. The Labute approximate surface area is 115 Å². The summed E-state index contributed by atoms with van der Waals surface area (Å²) >= 11 is 5.93. The van der Waals surface area contributed by atoms with E-state index in [2.05, 4.69) is 10.1 Å². The zero-order valence-electron chi connectivity index (χ0n) is 10.9. The predicted molar refractivity (Wildman–Crippen MR) is 72.4 cm³/mol. The van der Waals surface area contributed by atoms with Gasteiger partial charge in [-0.2, -0.15) is 0 Å². The van der Waals surface area contributed by atoms with E-state index in [9.17, 15) is 14.9 Å². The maximum absolute atomic E-state index is 11.5. The van der Waals surface area contributed by atoms with Crippen LogP contribution in [0.4, 0.5) is 11.4 Å². The number of non-ortho nitro benzene ring substituents is 1. The number of ether oxygens (including phenoxy) is 1. The van der Waals surface area contributed by atoms with Crippen molar-refractivity contribution in [2.24, 2.45) is 5.41 Å². The summed E-state index contributed by atoms with van der Waals surface area (Å²) in [4.78, 5) is 21.6. The molecular formula is C12H15ClN2O4. The minimum Gasteiger partial charge on any atom is -0.469 e. The van der Waals surface area contributed by atoms with Crippen LogP contribution in [0.25, 0.3) is 0 Å². The molecule has 1 rings (SSSR count). The third-order valence-electron chi connectivity index (χ3n) is 2.62. The molecule has 0 amide bonds. The summed E-state index contributed by atoms with van der Waals surface area (Å²) in [6, 6.07) is 4.11. The Balaban J connectivity index is 2.79. The summed E-state index contributed by atoms with van der Waals surface area (Å²) in [6.07, 6.45) is 0. The summed E-state index contributed by atoms with van der Waals surface area (Å²) in [5.41, 5.74) is -0.271. The van der Waals surface area contributed by atoms with E-state index in [1.54, 1.807) is 13.8 Å². The first-order chi connectivity index (χ1) is 8.77. The van der Waals surface area contributed by atoms with Gasteiger partial charge in [0.15, 0.2) is 0 Å². The number of rotatable bonds is 5. The van der Waals surface area contributed by atoms with Gasteiger partial charge in [-0.15, -0.1) is 0 Å². The zero-order chi connectivity index (χ0) is 14.6. The molecule has 104 valence electrons. The first-order valence-corrected chi connectivity index (χ1v) is 5.92. The van der Waals surface area contributed by atoms with Gasteiger partial charge in [0, 0.05) is 18.7 Å². The zero-order valence-corrected chi connectivity index (χ0v) is 11.7. The highest BCUT2D eigenvalue weighted by molar-refractivity contribution is 6.33. The maximum atomic E-state index is 11.5. The van der Waals surface area contributed by atoms with Crippen molar-refractivity contribution in [1.82, 2.24) is 0 Å². The molecule has 7 heteroatoms. The molecule has 1 aromatic carbocycles. The number of halogens is 1. The fourth-order valence-corrected chi connectivity index (χ4v) is 1.67. The maximum Gasteiger partial charge on any atom is 0.313 e. The number of esters is 1. The number of nitro benzene ring substituents is 1. The van der Waals surface area contributed by atoms with Gasteiger partial charge in [-0.3, -0.25) is 14.9 Å². The summed E-state index contributed by atoms with van der Waals surface area (Å²) < 4.78 is 4.68. The number of anilines is 1. The van der Waals surface area contributed by atoms with Crippen LogP contribution >= 0.6 is 11.6 Å². The second-order valence-electron chi connectivity index (χ2n) is 4.65. The van der Waals surface area contributed by atoms with Gasteiger partial charge in [-0.25, -0.2) is 0 Å². The summed E-state index contributed by atoms with van der Waals surface area (Å²) in [6.45, 7) is 3.76. The van der Waals surface area contributed by atoms with Gasteiger partial charge in [0.25, 0.3) is 5.69 Å². The predicted octanol–water partition coefficient (Wildman–Crippen LogP) is 2.86. The number of nitro groups is 1. The van der Waals surface area contributed by atoms with Crippen LogP contribution in [0.1, 0.15) is 13.8 Å². The number of nitrogens with one attached hydrogen (secondary N) is 1. The number of hydrogen-bond acceptors (Lipinski definition) is 5. The van der Waals surface area contributed by atoms with Gasteiger partial charge in [0.2, 0.25) is 0 Å². The summed E-state index contributed by atoms with van der Waals surface area (Å²) in [5.74, 6) is -0.349. The van der Waals surface area contributed by atoms with Gasteiger partial charge in [-0.1, -0.05) is 11.6 Å². The van der Waals surface area contributed by atoms with Gasteiger partial charge in [-0.05, 0) is 19.9 Å². The molecule has 0 saturated carbocycles. The van der Waals surface area contributed by atoms with Crippen LogP contribution in [0, 0.1) is 15.5 Å². The SMILES string of the molecule is COC(=O)C(C)(C)CNc1ccc([N+](=O)[O-])cc1Cl. The van der Waals surface area contributed by atoms with Crippen molar-refractivity contribution in [3.8, 4) is 0 Å². The minimum atomic E-state index is -0.722. The Morgan fingerprint density at radius 1 is 1.53 bits per heavy atom. The van der Waals surface area contributed by atoms with E-state index < -0.39 is 10.3 Å². The molecule has 0 bridgehead atoms. The van der Waals surface area contributed by atoms with Gasteiger partial charge in [0.1, 0.15) is 0 Å². The number of carbonyl (C=O) groups is 1. The Morgan fingerprint density at radius 3 is 2.63 bits per heavy atom. The molecule has 0 radical (unpaired) electrons. The van der Waals surface area contributed by atoms with Crippen molar-refractivity contribution >= 4 is 28.9 Å². The first-order valence-electron chi connectivity index (χ1n) is 5.54. The number of methoxy groups -OCH3 is 1. The van der Waals surface area contributed by atoms with Crippen LogP contribution in [0.2, 0.25) is 5.02 Å². The molecule has 1 N–H and O–H groups in total. The number of carbonyl (C=O) groups excluding carboxylic acids is 1. The molecule has 0 aliphatic rings. The van der Waals surface area contributed by atoms with Crippen LogP contribution in [0.3, 0.4) is 0 Å². The van der Waals surface area contributed by atoms with Crippen molar-refractivity contribution in [3.05, 3.63) is 33.3 Å². The van der Waals surface area contributed by atoms with Gasteiger partial charge in [0.05, 0.1) is 28.2 Å². The van der Waals surface area contributed by atoms with Crippen molar-refractivity contribution < 1.29 is 14.5 Å². The number of hydrogen-bond donors (Lipinski definition) is 1. The van der Waals surface area contributed by atoms with Crippen LogP contribution in [-0.4, -0.2) is 24.5 Å². The molecule has 1 aromatic rings. The molecule has 0 aromatic heterocycles. The molecule has 0 aliphatic carbocycles. The fourth-order valence-electron chi connectivity index (χ4n) is 1.43. The van der Waals surface area contributed by atoms with Crippen molar-refractivity contribution in [1.29, 1.82) is 0 Å². The lowest BCUT2D eigenvalue weighted by molar-refractivity contribution is -0.384. The van der Waals surface area contributed by atoms with Crippen molar-refractivity contribution in [3.63, 3.8) is 0 Å². The van der Waals surface area contributed by atoms with E-state index in [1.165, 1.54) is 25.3 Å². The Bertz CT molecular complexity index is 503. The summed E-state index contributed by atoms with van der Waals surface area (Å²) in [5, 5.41) is 13.8. The smallest absolute Gasteiger partial charge is 0.313 e. The lowest BCUT2D eigenvalue weighted by Crippen LogP contribution is -2.33. The third kappa shape index (κ3) is 3.82. The Hall–Kier alpha value is -1.82. The first kappa shape index (κ1) is 15.2. The largest absolute Gasteiger partial charge is 0.469 e. The van der Waals surface area contributed by atoms with Crippen molar-refractivity contribution in [2.45, 2.75) is 13.8 Å². The number of nitrogens with zero attached hydrogens (tertiary/aromatic N) is 1. The third-order valence-corrected chi connectivity index (χ3v) is 2.93. The van der Waals surface area contributed by atoms with Gasteiger partial charge >= 0.3 is 5.97 Å². The molecule has 0 unspecified atom stereocenters. The molecule has 6 nitrogen and oxygen atoms in total. The Morgan fingerprint density at radius 2 is 2.16 bits per heavy atom. The average molecular weight is 287 g/mol. The van der Waals surface area contributed by atoms with E-state index in [1.807, 2.05) is 0 Å². The lowest BCUT2D eigenvalue weighted by Gasteiger charge is -2.22. The number of benzene rings is 1. The van der Waals surface area contributed by atoms with Crippen LogP contribution in [0.15, 0.2) is 18.2 Å². The van der Waals surface area contributed by atoms with E-state index >= 15 is 0 Å². The quantitative estimate of drug-likeness (QED) is 0.511. The average Bonchev–Trinajstić information content (AvgIpc) is 2.36. The second-order valence-corrected chi connectivity index (χ2v) is 5.06. The molecule has 0 aliphatic heterocycles. The molecule has 0 heterocycles.